The van der Waals surface area contributed by atoms with Crippen LogP contribution in [0.2, 0.25) is 0 Å². The molecule has 150 valence electrons. The molecule has 0 saturated heterocycles. The SMILES string of the molecule is OCCOc1ccc(-c2cccc3c2Oc2cc4ccccc4c4cccc-3c24)cc1. The molecule has 0 fully saturated rings. The van der Waals surface area contributed by atoms with Gasteiger partial charge in [-0.3, -0.25) is 0 Å². The summed E-state index contributed by atoms with van der Waals surface area (Å²) in [6.45, 7) is 0.291. The van der Waals surface area contributed by atoms with Crippen LogP contribution >= 0.6 is 0 Å². The van der Waals surface area contributed by atoms with Gasteiger partial charge in [0.25, 0.3) is 0 Å². The van der Waals surface area contributed by atoms with E-state index in [1.165, 1.54) is 27.1 Å². The van der Waals surface area contributed by atoms with Crippen molar-refractivity contribution in [2.24, 2.45) is 0 Å². The van der Waals surface area contributed by atoms with Gasteiger partial charge in [0, 0.05) is 16.5 Å². The molecule has 31 heavy (non-hydrogen) atoms. The van der Waals surface area contributed by atoms with Crippen LogP contribution < -0.4 is 9.47 Å². The van der Waals surface area contributed by atoms with Gasteiger partial charge in [0.15, 0.2) is 0 Å². The Labute approximate surface area is 180 Å². The highest BCUT2D eigenvalue weighted by Gasteiger charge is 2.23. The van der Waals surface area contributed by atoms with Crippen molar-refractivity contribution >= 4 is 21.5 Å². The topological polar surface area (TPSA) is 38.7 Å². The van der Waals surface area contributed by atoms with Gasteiger partial charge in [-0.1, -0.05) is 72.8 Å². The second kappa shape index (κ2) is 7.15. The average Bonchev–Trinajstić information content (AvgIpc) is 2.83. The van der Waals surface area contributed by atoms with Gasteiger partial charge in [0.2, 0.25) is 0 Å². The van der Waals surface area contributed by atoms with E-state index >= 15 is 0 Å². The van der Waals surface area contributed by atoms with Gasteiger partial charge in [-0.25, -0.2) is 0 Å². The lowest BCUT2D eigenvalue weighted by Crippen LogP contribution is -2.01. The quantitative estimate of drug-likeness (QED) is 0.328. The van der Waals surface area contributed by atoms with Gasteiger partial charge in [-0.15, -0.1) is 0 Å². The minimum atomic E-state index is 0.00141. The van der Waals surface area contributed by atoms with Gasteiger partial charge in [0.1, 0.15) is 23.9 Å². The molecule has 0 aromatic heterocycles. The molecule has 0 amide bonds. The Morgan fingerprint density at radius 2 is 1.45 bits per heavy atom. The predicted octanol–water partition coefficient (Wildman–Crippen LogP) is 6.80. The van der Waals surface area contributed by atoms with Crippen molar-refractivity contribution in [2.75, 3.05) is 13.2 Å². The highest BCUT2D eigenvalue weighted by Crippen LogP contribution is 2.51. The van der Waals surface area contributed by atoms with E-state index in [-0.39, 0.29) is 13.2 Å². The van der Waals surface area contributed by atoms with Crippen LogP contribution in [0.15, 0.2) is 91.0 Å². The molecule has 1 N–H and O–H groups in total. The van der Waals surface area contributed by atoms with Crippen LogP contribution in [0.5, 0.6) is 17.2 Å². The van der Waals surface area contributed by atoms with Crippen LogP contribution in [0.3, 0.4) is 0 Å². The highest BCUT2D eigenvalue weighted by molar-refractivity contribution is 6.16. The van der Waals surface area contributed by atoms with Gasteiger partial charge in [-0.05, 0) is 45.5 Å². The molecule has 5 aromatic rings. The monoisotopic (exact) mass is 404 g/mol. The number of hydrogen-bond donors (Lipinski definition) is 1. The standard InChI is InChI=1S/C28H20O3/c29-15-16-30-20-13-11-18(12-14-20)22-7-3-10-25-24-9-4-8-23-21-6-2-1-5-19(21)17-26(27(23)24)31-28(22)25/h1-14,17,29H,15-16H2. The Balaban J connectivity index is 1.54. The number of aliphatic hydroxyl groups is 1. The lowest BCUT2D eigenvalue weighted by atomic mass is 9.89. The summed E-state index contributed by atoms with van der Waals surface area (Å²) < 4.78 is 12.1. The summed E-state index contributed by atoms with van der Waals surface area (Å²) in [7, 11) is 0. The molecule has 0 unspecified atom stereocenters. The summed E-state index contributed by atoms with van der Waals surface area (Å²) >= 11 is 0. The molecule has 1 aliphatic heterocycles. The van der Waals surface area contributed by atoms with Gasteiger partial charge in [-0.2, -0.15) is 0 Å². The molecular formula is C28H20O3. The Bertz CT molecular complexity index is 1430. The number of para-hydroxylation sites is 1. The predicted molar refractivity (Wildman–Crippen MR) is 125 cm³/mol. The molecule has 0 saturated carbocycles. The van der Waals surface area contributed by atoms with Crippen LogP contribution in [0.4, 0.5) is 0 Å². The summed E-state index contributed by atoms with van der Waals surface area (Å²) in [5.41, 5.74) is 4.40. The lowest BCUT2D eigenvalue weighted by Gasteiger charge is -2.24. The smallest absolute Gasteiger partial charge is 0.143 e. The first kappa shape index (κ1) is 18.0. The molecule has 3 nitrogen and oxygen atoms in total. The maximum Gasteiger partial charge on any atom is 0.143 e. The Kier molecular flexibility index (Phi) is 4.15. The fourth-order valence-electron chi connectivity index (χ4n) is 4.52. The van der Waals surface area contributed by atoms with Crippen molar-refractivity contribution in [1.82, 2.24) is 0 Å². The van der Waals surface area contributed by atoms with Crippen molar-refractivity contribution in [3.8, 4) is 39.5 Å². The fourth-order valence-corrected chi connectivity index (χ4v) is 4.52. The van der Waals surface area contributed by atoms with Crippen molar-refractivity contribution in [1.29, 1.82) is 0 Å². The maximum atomic E-state index is 8.96. The maximum absolute atomic E-state index is 8.96. The summed E-state index contributed by atoms with van der Waals surface area (Å²) in [5.74, 6) is 2.51. The third kappa shape index (κ3) is 2.86. The summed E-state index contributed by atoms with van der Waals surface area (Å²) in [4.78, 5) is 0. The van der Waals surface area contributed by atoms with Gasteiger partial charge >= 0.3 is 0 Å². The van der Waals surface area contributed by atoms with E-state index in [9.17, 15) is 0 Å². The largest absolute Gasteiger partial charge is 0.491 e. The highest BCUT2D eigenvalue weighted by atomic mass is 16.5. The minimum Gasteiger partial charge on any atom is -0.491 e. The van der Waals surface area contributed by atoms with E-state index in [0.29, 0.717) is 0 Å². The molecular weight excluding hydrogens is 384 g/mol. The second-order valence-electron chi connectivity index (χ2n) is 7.70. The minimum absolute atomic E-state index is 0.00141. The van der Waals surface area contributed by atoms with Crippen molar-refractivity contribution in [2.45, 2.75) is 0 Å². The van der Waals surface area contributed by atoms with E-state index in [1.807, 2.05) is 24.3 Å². The van der Waals surface area contributed by atoms with E-state index in [4.69, 9.17) is 14.6 Å². The summed E-state index contributed by atoms with van der Waals surface area (Å²) in [5, 5.41) is 13.8. The first-order valence-corrected chi connectivity index (χ1v) is 10.4. The third-order valence-corrected chi connectivity index (χ3v) is 5.89. The van der Waals surface area contributed by atoms with Crippen LogP contribution in [0.1, 0.15) is 0 Å². The molecule has 0 atom stereocenters. The first-order chi connectivity index (χ1) is 15.3. The Morgan fingerprint density at radius 1 is 0.710 bits per heavy atom. The lowest BCUT2D eigenvalue weighted by molar-refractivity contribution is 0.201. The fraction of sp³-hybridized carbons (Fsp3) is 0.0714. The molecule has 5 aromatic carbocycles. The van der Waals surface area contributed by atoms with E-state index in [1.54, 1.807) is 0 Å². The molecule has 3 heteroatoms. The van der Waals surface area contributed by atoms with Crippen molar-refractivity contribution in [3.63, 3.8) is 0 Å². The van der Waals surface area contributed by atoms with Crippen LogP contribution in [0.25, 0.3) is 43.8 Å². The van der Waals surface area contributed by atoms with E-state index in [0.717, 1.165) is 33.9 Å². The summed E-state index contributed by atoms with van der Waals surface area (Å²) in [6.07, 6.45) is 0. The third-order valence-electron chi connectivity index (χ3n) is 5.89. The number of aliphatic hydroxyl groups excluding tert-OH is 1. The second-order valence-corrected chi connectivity index (χ2v) is 7.70. The Hall–Kier alpha value is -3.82. The number of fused-ring (bicyclic) bond motifs is 4. The van der Waals surface area contributed by atoms with Crippen LogP contribution in [0, 0.1) is 0 Å². The number of ether oxygens (including phenoxy) is 2. The summed E-state index contributed by atoms with van der Waals surface area (Å²) in [6, 6.07) is 31.3. The van der Waals surface area contributed by atoms with Crippen molar-refractivity contribution < 1.29 is 14.6 Å². The number of rotatable bonds is 4. The molecule has 1 aliphatic rings. The van der Waals surface area contributed by atoms with Crippen LogP contribution in [-0.2, 0) is 0 Å². The Morgan fingerprint density at radius 3 is 2.32 bits per heavy atom. The molecule has 1 heterocycles. The van der Waals surface area contributed by atoms with Crippen molar-refractivity contribution in [3.05, 3.63) is 91.0 Å². The number of hydrogen-bond acceptors (Lipinski definition) is 3. The molecule has 0 radical (unpaired) electrons. The normalized spacial score (nSPS) is 11.9. The molecule has 0 spiro atoms. The van der Waals surface area contributed by atoms with Gasteiger partial charge < -0.3 is 14.6 Å². The first-order valence-electron chi connectivity index (χ1n) is 10.4. The molecule has 6 rings (SSSR count). The van der Waals surface area contributed by atoms with E-state index < -0.39 is 0 Å². The number of benzene rings is 5. The zero-order valence-electron chi connectivity index (χ0n) is 16.8. The van der Waals surface area contributed by atoms with Gasteiger partial charge in [0.05, 0.1) is 6.61 Å². The average molecular weight is 404 g/mol. The molecule has 0 aliphatic carbocycles. The zero-order chi connectivity index (χ0) is 20.8. The zero-order valence-corrected chi connectivity index (χ0v) is 16.8. The molecule has 0 bridgehead atoms. The van der Waals surface area contributed by atoms with Crippen LogP contribution in [-0.4, -0.2) is 18.3 Å². The van der Waals surface area contributed by atoms with E-state index in [2.05, 4.69) is 66.7 Å².